The number of fused-ring (bicyclic) bond motifs is 1. The van der Waals surface area contributed by atoms with Gasteiger partial charge >= 0.3 is 5.69 Å². The standard InChI is InChI=1S/C18H21N3O3S/c1-5-13-7-6-8-14(10-13)19-25(23,24)17-11-16-15(9-12(17)2)20(3)18(22)21(16)4/h6-11,19H,5H2,1-4H3. The average Bonchev–Trinajstić information content (AvgIpc) is 2.78. The fourth-order valence-corrected chi connectivity index (χ4v) is 4.28. The minimum absolute atomic E-state index is 0.170. The van der Waals surface area contributed by atoms with Crippen molar-refractivity contribution < 1.29 is 8.42 Å². The van der Waals surface area contributed by atoms with E-state index in [-0.39, 0.29) is 10.6 Å². The Morgan fingerprint density at radius 2 is 1.68 bits per heavy atom. The minimum atomic E-state index is -3.76. The Morgan fingerprint density at radius 1 is 1.04 bits per heavy atom. The summed E-state index contributed by atoms with van der Waals surface area (Å²) in [5.74, 6) is 0. The number of rotatable bonds is 4. The summed E-state index contributed by atoms with van der Waals surface area (Å²) in [7, 11) is -0.449. The number of hydrogen-bond acceptors (Lipinski definition) is 3. The SMILES string of the molecule is CCc1cccc(NS(=O)(=O)c2cc3c(cc2C)n(C)c(=O)n3C)c1. The molecule has 7 heteroatoms. The van der Waals surface area contributed by atoms with Crippen LogP contribution in [-0.4, -0.2) is 17.6 Å². The normalized spacial score (nSPS) is 11.8. The highest BCUT2D eigenvalue weighted by molar-refractivity contribution is 7.92. The molecule has 0 fully saturated rings. The predicted octanol–water partition coefficient (Wildman–Crippen LogP) is 2.55. The average molecular weight is 359 g/mol. The Morgan fingerprint density at radius 3 is 2.32 bits per heavy atom. The smallest absolute Gasteiger partial charge is 0.295 e. The molecule has 0 saturated heterocycles. The second-order valence-electron chi connectivity index (χ2n) is 6.17. The number of benzene rings is 2. The highest BCUT2D eigenvalue weighted by atomic mass is 32.2. The Kier molecular flexibility index (Phi) is 4.20. The molecule has 0 spiro atoms. The number of hydrogen-bond donors (Lipinski definition) is 1. The van der Waals surface area contributed by atoms with Crippen LogP contribution < -0.4 is 10.4 Å². The molecule has 1 N–H and O–H groups in total. The van der Waals surface area contributed by atoms with E-state index in [0.717, 1.165) is 12.0 Å². The lowest BCUT2D eigenvalue weighted by atomic mass is 10.1. The lowest BCUT2D eigenvalue weighted by Gasteiger charge is -2.12. The van der Waals surface area contributed by atoms with Crippen LogP contribution in [0.5, 0.6) is 0 Å². The molecule has 0 aliphatic heterocycles. The Hall–Kier alpha value is -2.54. The van der Waals surface area contributed by atoms with Gasteiger partial charge in [0.2, 0.25) is 0 Å². The molecule has 0 aliphatic carbocycles. The number of nitrogens with one attached hydrogen (secondary N) is 1. The summed E-state index contributed by atoms with van der Waals surface area (Å²) >= 11 is 0. The number of aryl methyl sites for hydroxylation is 4. The van der Waals surface area contributed by atoms with Crippen LogP contribution in [0.4, 0.5) is 5.69 Å². The van der Waals surface area contributed by atoms with E-state index < -0.39 is 10.0 Å². The second-order valence-corrected chi connectivity index (χ2v) is 7.82. The lowest BCUT2D eigenvalue weighted by molar-refractivity contribution is 0.600. The zero-order chi connectivity index (χ0) is 18.4. The molecule has 0 amide bonds. The lowest BCUT2D eigenvalue weighted by Crippen LogP contribution is -2.19. The van der Waals surface area contributed by atoms with Crippen LogP contribution in [0.1, 0.15) is 18.1 Å². The number of aromatic nitrogens is 2. The van der Waals surface area contributed by atoms with Crippen molar-refractivity contribution in [2.45, 2.75) is 25.2 Å². The zero-order valence-electron chi connectivity index (χ0n) is 14.7. The molecule has 1 aromatic heterocycles. The Labute approximate surface area is 146 Å². The molecule has 0 radical (unpaired) electrons. The van der Waals surface area contributed by atoms with E-state index in [9.17, 15) is 13.2 Å². The minimum Gasteiger partial charge on any atom is -0.295 e. The summed E-state index contributed by atoms with van der Waals surface area (Å²) in [6, 6.07) is 10.6. The number of nitrogens with zero attached hydrogens (tertiary/aromatic N) is 2. The summed E-state index contributed by atoms with van der Waals surface area (Å²) in [6.07, 6.45) is 0.826. The van der Waals surface area contributed by atoms with Gasteiger partial charge in [0.05, 0.1) is 15.9 Å². The van der Waals surface area contributed by atoms with Gasteiger partial charge in [-0.05, 0) is 48.7 Å². The molecule has 0 bridgehead atoms. The Balaban J connectivity index is 2.12. The summed E-state index contributed by atoms with van der Waals surface area (Å²) in [6.45, 7) is 3.75. The third-order valence-electron chi connectivity index (χ3n) is 4.45. The summed E-state index contributed by atoms with van der Waals surface area (Å²) in [5, 5.41) is 0. The third kappa shape index (κ3) is 2.95. The quantitative estimate of drug-likeness (QED) is 0.778. The van der Waals surface area contributed by atoms with Gasteiger partial charge in [-0.25, -0.2) is 13.2 Å². The van der Waals surface area contributed by atoms with E-state index >= 15 is 0 Å². The van der Waals surface area contributed by atoms with Gasteiger partial charge in [-0.15, -0.1) is 0 Å². The largest absolute Gasteiger partial charge is 0.328 e. The first kappa shape index (κ1) is 17.3. The summed E-state index contributed by atoms with van der Waals surface area (Å²) in [4.78, 5) is 12.3. The topological polar surface area (TPSA) is 73.1 Å². The molecule has 6 nitrogen and oxygen atoms in total. The second kappa shape index (κ2) is 6.07. The van der Waals surface area contributed by atoms with Crippen LogP contribution in [0, 0.1) is 6.92 Å². The molecular formula is C18H21N3O3S. The maximum Gasteiger partial charge on any atom is 0.328 e. The van der Waals surface area contributed by atoms with Crippen molar-refractivity contribution in [3.8, 4) is 0 Å². The molecule has 3 aromatic rings. The van der Waals surface area contributed by atoms with Crippen LogP contribution in [-0.2, 0) is 30.5 Å². The van der Waals surface area contributed by atoms with Gasteiger partial charge < -0.3 is 0 Å². The van der Waals surface area contributed by atoms with Gasteiger partial charge in [-0.1, -0.05) is 19.1 Å². The number of sulfonamides is 1. The van der Waals surface area contributed by atoms with Crippen LogP contribution in [0.15, 0.2) is 46.1 Å². The maximum absolute atomic E-state index is 12.9. The first-order valence-electron chi connectivity index (χ1n) is 8.02. The van der Waals surface area contributed by atoms with Crippen molar-refractivity contribution in [3.63, 3.8) is 0 Å². The fourth-order valence-electron chi connectivity index (χ4n) is 2.98. The predicted molar refractivity (Wildman–Crippen MR) is 99.5 cm³/mol. The fraction of sp³-hybridized carbons (Fsp3) is 0.278. The first-order chi connectivity index (χ1) is 11.7. The van der Waals surface area contributed by atoms with Crippen LogP contribution >= 0.6 is 0 Å². The van der Waals surface area contributed by atoms with Crippen molar-refractivity contribution in [1.29, 1.82) is 0 Å². The van der Waals surface area contributed by atoms with Gasteiger partial charge in [0, 0.05) is 19.8 Å². The van der Waals surface area contributed by atoms with Crippen molar-refractivity contribution in [1.82, 2.24) is 9.13 Å². The molecule has 0 aliphatic rings. The zero-order valence-corrected chi connectivity index (χ0v) is 15.5. The molecule has 0 saturated carbocycles. The van der Waals surface area contributed by atoms with E-state index in [0.29, 0.717) is 22.3 Å². The highest BCUT2D eigenvalue weighted by Crippen LogP contribution is 2.24. The van der Waals surface area contributed by atoms with Gasteiger partial charge in [-0.3, -0.25) is 13.9 Å². The van der Waals surface area contributed by atoms with Crippen LogP contribution in [0.2, 0.25) is 0 Å². The van der Waals surface area contributed by atoms with Crippen molar-refractivity contribution in [3.05, 3.63) is 58.0 Å². The molecule has 3 rings (SSSR count). The van der Waals surface area contributed by atoms with E-state index in [1.165, 1.54) is 9.13 Å². The van der Waals surface area contributed by atoms with Crippen molar-refractivity contribution in [2.24, 2.45) is 14.1 Å². The van der Waals surface area contributed by atoms with Gasteiger partial charge in [0.15, 0.2) is 0 Å². The van der Waals surface area contributed by atoms with Crippen LogP contribution in [0.3, 0.4) is 0 Å². The van der Waals surface area contributed by atoms with Crippen LogP contribution in [0.25, 0.3) is 11.0 Å². The molecule has 0 unspecified atom stereocenters. The summed E-state index contributed by atoms with van der Waals surface area (Å²) in [5.41, 5.74) is 3.27. The third-order valence-corrected chi connectivity index (χ3v) is 5.97. The highest BCUT2D eigenvalue weighted by Gasteiger charge is 2.20. The van der Waals surface area contributed by atoms with E-state index in [2.05, 4.69) is 4.72 Å². The van der Waals surface area contributed by atoms with E-state index in [1.807, 2.05) is 25.1 Å². The molecule has 132 valence electrons. The number of imidazole rings is 1. The molecule has 2 aromatic carbocycles. The van der Waals surface area contributed by atoms with Gasteiger partial charge in [-0.2, -0.15) is 0 Å². The van der Waals surface area contributed by atoms with Crippen molar-refractivity contribution in [2.75, 3.05) is 4.72 Å². The molecule has 25 heavy (non-hydrogen) atoms. The van der Waals surface area contributed by atoms with E-state index in [4.69, 9.17) is 0 Å². The van der Waals surface area contributed by atoms with E-state index in [1.54, 1.807) is 39.2 Å². The van der Waals surface area contributed by atoms with Gasteiger partial charge in [0.1, 0.15) is 0 Å². The number of anilines is 1. The Bertz CT molecular complexity index is 1120. The monoisotopic (exact) mass is 359 g/mol. The molecule has 0 atom stereocenters. The molecule has 1 heterocycles. The first-order valence-corrected chi connectivity index (χ1v) is 9.50. The summed E-state index contributed by atoms with van der Waals surface area (Å²) < 4.78 is 31.3. The molecular weight excluding hydrogens is 338 g/mol. The van der Waals surface area contributed by atoms with Crippen molar-refractivity contribution >= 4 is 26.7 Å². The van der Waals surface area contributed by atoms with Gasteiger partial charge in [0.25, 0.3) is 10.0 Å². The maximum atomic E-state index is 12.9.